The van der Waals surface area contributed by atoms with Gasteiger partial charge in [-0.25, -0.2) is 4.98 Å². The Kier molecular flexibility index (Phi) is 2.73. The molecular weight excluding hydrogens is 192 g/mol. The summed E-state index contributed by atoms with van der Waals surface area (Å²) in [6.45, 7) is 6.46. The van der Waals surface area contributed by atoms with Gasteiger partial charge in [0, 0.05) is 18.3 Å². The fourth-order valence-electron chi connectivity index (χ4n) is 1.78. The van der Waals surface area contributed by atoms with Crippen molar-refractivity contribution in [1.82, 2.24) is 9.97 Å². The van der Waals surface area contributed by atoms with Crippen LogP contribution >= 0.6 is 0 Å². The largest absolute Gasteiger partial charge is 0.377 e. The van der Waals surface area contributed by atoms with Crippen LogP contribution in [0.5, 0.6) is 0 Å². The van der Waals surface area contributed by atoms with E-state index in [-0.39, 0.29) is 0 Å². The van der Waals surface area contributed by atoms with Crippen LogP contribution in [0, 0.1) is 6.92 Å². The van der Waals surface area contributed by atoms with Gasteiger partial charge in [0.25, 0.3) is 0 Å². The van der Waals surface area contributed by atoms with Crippen LogP contribution in [0.3, 0.4) is 0 Å². The molecular formula is C10H16N4O. The van der Waals surface area contributed by atoms with E-state index in [1.807, 2.05) is 6.92 Å². The minimum atomic E-state index is 0.328. The highest BCUT2D eigenvalue weighted by molar-refractivity contribution is 5.49. The molecule has 0 spiro atoms. The fraction of sp³-hybridized carbons (Fsp3) is 0.600. The number of nitrogens with two attached hydrogens (primary N) is 1. The van der Waals surface area contributed by atoms with E-state index in [1.165, 1.54) is 0 Å². The van der Waals surface area contributed by atoms with Crippen LogP contribution in [0.2, 0.25) is 0 Å². The number of ether oxygens (including phenoxy) is 1. The van der Waals surface area contributed by atoms with E-state index in [9.17, 15) is 0 Å². The molecule has 1 saturated heterocycles. The maximum Gasteiger partial charge on any atom is 0.221 e. The topological polar surface area (TPSA) is 64.3 Å². The number of aromatic nitrogens is 2. The van der Waals surface area contributed by atoms with Gasteiger partial charge >= 0.3 is 0 Å². The lowest BCUT2D eigenvalue weighted by Gasteiger charge is -2.35. The summed E-state index contributed by atoms with van der Waals surface area (Å²) in [5.74, 6) is 1.26. The molecule has 2 heterocycles. The van der Waals surface area contributed by atoms with Crippen molar-refractivity contribution in [2.45, 2.75) is 19.9 Å². The smallest absolute Gasteiger partial charge is 0.221 e. The van der Waals surface area contributed by atoms with Gasteiger partial charge in [0.2, 0.25) is 5.95 Å². The van der Waals surface area contributed by atoms with E-state index in [0.717, 1.165) is 31.1 Å². The van der Waals surface area contributed by atoms with E-state index in [4.69, 9.17) is 10.5 Å². The molecule has 1 unspecified atom stereocenters. The summed E-state index contributed by atoms with van der Waals surface area (Å²) < 4.78 is 5.39. The number of nitrogen functional groups attached to an aromatic ring is 1. The second-order valence-electron chi connectivity index (χ2n) is 3.85. The highest BCUT2D eigenvalue weighted by Gasteiger charge is 2.21. The van der Waals surface area contributed by atoms with E-state index >= 15 is 0 Å². The zero-order valence-corrected chi connectivity index (χ0v) is 9.10. The zero-order valence-electron chi connectivity index (χ0n) is 9.10. The van der Waals surface area contributed by atoms with Gasteiger partial charge in [0.05, 0.1) is 19.3 Å². The summed E-state index contributed by atoms with van der Waals surface area (Å²) in [5, 5.41) is 0. The Bertz CT molecular complexity index is 355. The van der Waals surface area contributed by atoms with Crippen molar-refractivity contribution in [3.8, 4) is 0 Å². The zero-order chi connectivity index (χ0) is 10.8. The normalized spacial score (nSPS) is 21.7. The van der Waals surface area contributed by atoms with Crippen molar-refractivity contribution in [1.29, 1.82) is 0 Å². The summed E-state index contributed by atoms with van der Waals surface area (Å²) in [5.41, 5.74) is 6.65. The molecule has 0 bridgehead atoms. The molecule has 0 saturated carbocycles. The Labute approximate surface area is 89.3 Å². The first-order valence-electron chi connectivity index (χ1n) is 5.12. The van der Waals surface area contributed by atoms with Crippen LogP contribution in [0.25, 0.3) is 0 Å². The van der Waals surface area contributed by atoms with Crippen molar-refractivity contribution in [3.63, 3.8) is 0 Å². The Balaban J connectivity index is 2.30. The molecule has 82 valence electrons. The Morgan fingerprint density at radius 1 is 1.60 bits per heavy atom. The second kappa shape index (κ2) is 4.02. The quantitative estimate of drug-likeness (QED) is 0.732. The first kappa shape index (κ1) is 10.2. The van der Waals surface area contributed by atoms with E-state index in [1.54, 1.807) is 6.20 Å². The van der Waals surface area contributed by atoms with E-state index < -0.39 is 0 Å². The maximum atomic E-state index is 5.60. The van der Waals surface area contributed by atoms with Crippen LogP contribution in [0.1, 0.15) is 12.5 Å². The van der Waals surface area contributed by atoms with Crippen molar-refractivity contribution in [2.75, 3.05) is 30.4 Å². The van der Waals surface area contributed by atoms with E-state index in [2.05, 4.69) is 21.8 Å². The number of hydrogen-bond acceptors (Lipinski definition) is 5. The molecule has 0 amide bonds. The number of anilines is 2. The third-order valence-corrected chi connectivity index (χ3v) is 2.60. The van der Waals surface area contributed by atoms with Crippen LogP contribution in [0.4, 0.5) is 11.8 Å². The van der Waals surface area contributed by atoms with Gasteiger partial charge in [-0.2, -0.15) is 4.98 Å². The predicted molar refractivity (Wildman–Crippen MR) is 58.8 cm³/mol. The minimum Gasteiger partial charge on any atom is -0.377 e. The molecule has 15 heavy (non-hydrogen) atoms. The molecule has 1 aromatic heterocycles. The molecule has 2 N–H and O–H groups in total. The Hall–Kier alpha value is -1.36. The molecule has 5 heteroatoms. The van der Waals surface area contributed by atoms with Gasteiger partial charge < -0.3 is 15.4 Å². The number of nitrogens with zero attached hydrogens (tertiary/aromatic N) is 3. The minimum absolute atomic E-state index is 0.328. The lowest BCUT2D eigenvalue weighted by atomic mass is 10.2. The second-order valence-corrected chi connectivity index (χ2v) is 3.85. The van der Waals surface area contributed by atoms with E-state index in [0.29, 0.717) is 12.0 Å². The molecule has 0 radical (unpaired) electrons. The highest BCUT2D eigenvalue weighted by atomic mass is 16.5. The van der Waals surface area contributed by atoms with Crippen LogP contribution in [-0.2, 0) is 4.74 Å². The van der Waals surface area contributed by atoms with Crippen LogP contribution in [-0.4, -0.2) is 35.8 Å². The van der Waals surface area contributed by atoms with Gasteiger partial charge in [-0.15, -0.1) is 0 Å². The van der Waals surface area contributed by atoms with Gasteiger partial charge in [0.1, 0.15) is 5.82 Å². The monoisotopic (exact) mass is 208 g/mol. The third-order valence-electron chi connectivity index (χ3n) is 2.60. The van der Waals surface area contributed by atoms with Crippen molar-refractivity contribution in [3.05, 3.63) is 11.8 Å². The third kappa shape index (κ3) is 2.02. The summed E-state index contributed by atoms with van der Waals surface area (Å²) in [6.07, 6.45) is 1.76. The van der Waals surface area contributed by atoms with Crippen molar-refractivity contribution < 1.29 is 4.74 Å². The maximum absolute atomic E-state index is 5.60. The molecule has 1 aliphatic rings. The van der Waals surface area contributed by atoms with Crippen molar-refractivity contribution >= 4 is 11.8 Å². The van der Waals surface area contributed by atoms with Gasteiger partial charge in [-0.1, -0.05) is 0 Å². The van der Waals surface area contributed by atoms with Gasteiger partial charge in [-0.05, 0) is 13.8 Å². The molecule has 5 nitrogen and oxygen atoms in total. The summed E-state index contributed by atoms with van der Waals surface area (Å²) in [6, 6.07) is 0.340. The number of morpholine rings is 1. The summed E-state index contributed by atoms with van der Waals surface area (Å²) >= 11 is 0. The first-order valence-corrected chi connectivity index (χ1v) is 5.12. The molecule has 1 atom stereocenters. The SMILES string of the molecule is Cc1cnc(N)nc1N1CCOCC1C. The van der Waals surface area contributed by atoms with Crippen molar-refractivity contribution in [2.24, 2.45) is 0 Å². The van der Waals surface area contributed by atoms with Crippen LogP contribution in [0.15, 0.2) is 6.20 Å². The van der Waals surface area contributed by atoms with Gasteiger partial charge in [-0.3, -0.25) is 0 Å². The molecule has 2 rings (SSSR count). The Morgan fingerprint density at radius 3 is 3.13 bits per heavy atom. The summed E-state index contributed by atoms with van der Waals surface area (Å²) in [7, 11) is 0. The molecule has 1 aromatic rings. The average molecular weight is 208 g/mol. The van der Waals surface area contributed by atoms with Gasteiger partial charge in [0.15, 0.2) is 0 Å². The first-order chi connectivity index (χ1) is 7.18. The number of hydrogen-bond donors (Lipinski definition) is 1. The molecule has 1 aliphatic heterocycles. The number of aryl methyl sites for hydroxylation is 1. The predicted octanol–water partition coefficient (Wildman–Crippen LogP) is 0.592. The highest BCUT2D eigenvalue weighted by Crippen LogP contribution is 2.21. The standard InChI is InChI=1S/C10H16N4O/c1-7-5-12-10(11)13-9(7)14-3-4-15-6-8(14)2/h5,8H,3-4,6H2,1-2H3,(H2,11,12,13). The molecule has 0 aromatic carbocycles. The van der Waals surface area contributed by atoms with Crippen LogP contribution < -0.4 is 10.6 Å². The summed E-state index contributed by atoms with van der Waals surface area (Å²) in [4.78, 5) is 10.5. The average Bonchev–Trinajstić information content (AvgIpc) is 2.23. The lowest BCUT2D eigenvalue weighted by molar-refractivity contribution is 0.0985. The molecule has 1 fully saturated rings. The molecule has 0 aliphatic carbocycles. The fourth-order valence-corrected chi connectivity index (χ4v) is 1.78. The number of rotatable bonds is 1. The lowest BCUT2D eigenvalue weighted by Crippen LogP contribution is -2.44. The Morgan fingerprint density at radius 2 is 2.40 bits per heavy atom.